The lowest BCUT2D eigenvalue weighted by molar-refractivity contribution is -0.124. The van der Waals surface area contributed by atoms with Gasteiger partial charge < -0.3 is 10.2 Å². The van der Waals surface area contributed by atoms with Crippen LogP contribution in [0, 0.1) is 11.6 Å². The zero-order chi connectivity index (χ0) is 24.2. The van der Waals surface area contributed by atoms with E-state index in [2.05, 4.69) is 5.32 Å². The van der Waals surface area contributed by atoms with Gasteiger partial charge in [0.1, 0.15) is 17.7 Å². The van der Waals surface area contributed by atoms with Gasteiger partial charge in [0.2, 0.25) is 5.91 Å². The van der Waals surface area contributed by atoms with Gasteiger partial charge in [0, 0.05) is 17.3 Å². The Labute approximate surface area is 205 Å². The van der Waals surface area contributed by atoms with E-state index in [0.717, 1.165) is 5.56 Å². The molecule has 1 atom stereocenters. The van der Waals surface area contributed by atoms with Crippen molar-refractivity contribution in [3.8, 4) is 0 Å². The summed E-state index contributed by atoms with van der Waals surface area (Å²) in [5.41, 5.74) is 1.84. The number of benzene rings is 3. The van der Waals surface area contributed by atoms with Crippen LogP contribution in [0.2, 0.25) is 5.02 Å². The Kier molecular flexibility index (Phi) is 7.19. The molecule has 1 saturated heterocycles. The Bertz CT molecular complexity index is 1200. The number of amides is 2. The number of thiocarbonyl (C=S) groups is 1. The minimum absolute atomic E-state index is 0.158. The molecule has 0 bridgehead atoms. The van der Waals surface area contributed by atoms with Crippen molar-refractivity contribution in [3.63, 3.8) is 0 Å². The smallest absolute Gasteiger partial charge is 0.256 e. The Balaban J connectivity index is 1.55. The fraction of sp³-hybridized carbons (Fsp3) is 0.160. The molecule has 0 aliphatic carbocycles. The number of halogens is 3. The second-order valence-corrected chi connectivity index (χ2v) is 8.58. The van der Waals surface area contributed by atoms with Gasteiger partial charge in [0.15, 0.2) is 5.11 Å². The summed E-state index contributed by atoms with van der Waals surface area (Å²) in [5.74, 6) is -1.64. The summed E-state index contributed by atoms with van der Waals surface area (Å²) >= 11 is 11.6. The fourth-order valence-electron chi connectivity index (χ4n) is 3.74. The van der Waals surface area contributed by atoms with Crippen molar-refractivity contribution in [1.82, 2.24) is 4.90 Å². The van der Waals surface area contributed by atoms with E-state index in [1.807, 2.05) is 12.1 Å². The Morgan fingerprint density at radius 2 is 1.53 bits per heavy atom. The van der Waals surface area contributed by atoms with E-state index in [1.165, 1.54) is 53.4 Å². The average molecular weight is 500 g/mol. The fourth-order valence-corrected chi connectivity index (χ4v) is 4.28. The van der Waals surface area contributed by atoms with Gasteiger partial charge in [-0.1, -0.05) is 23.7 Å². The number of hydrogen-bond donors (Lipinski definition) is 1. The van der Waals surface area contributed by atoms with Crippen LogP contribution in [0.4, 0.5) is 20.2 Å². The van der Waals surface area contributed by atoms with Crippen LogP contribution in [0.3, 0.4) is 0 Å². The van der Waals surface area contributed by atoms with Crippen LogP contribution in [-0.4, -0.2) is 34.4 Å². The first-order valence-electron chi connectivity index (χ1n) is 10.5. The number of carbonyl (C=O) groups excluding carboxylic acids is 2. The highest BCUT2D eigenvalue weighted by atomic mass is 35.5. The van der Waals surface area contributed by atoms with Gasteiger partial charge in [-0.25, -0.2) is 8.78 Å². The Morgan fingerprint density at radius 3 is 2.15 bits per heavy atom. The lowest BCUT2D eigenvalue weighted by atomic mass is 10.1. The summed E-state index contributed by atoms with van der Waals surface area (Å²) in [7, 11) is 0. The van der Waals surface area contributed by atoms with Crippen molar-refractivity contribution < 1.29 is 18.4 Å². The molecular weight excluding hydrogens is 480 g/mol. The Hall–Kier alpha value is -3.36. The summed E-state index contributed by atoms with van der Waals surface area (Å²) in [6, 6.07) is 17.3. The van der Waals surface area contributed by atoms with Gasteiger partial charge in [0.25, 0.3) is 5.91 Å². The largest absolute Gasteiger partial charge is 0.336 e. The van der Waals surface area contributed by atoms with Crippen LogP contribution in [-0.2, 0) is 16.0 Å². The van der Waals surface area contributed by atoms with Gasteiger partial charge in [0.05, 0.1) is 12.1 Å². The van der Waals surface area contributed by atoms with Crippen molar-refractivity contribution in [2.75, 3.05) is 16.8 Å². The summed E-state index contributed by atoms with van der Waals surface area (Å²) in [6.45, 7) is 0.387. The summed E-state index contributed by atoms with van der Waals surface area (Å²) in [4.78, 5) is 29.1. The number of nitrogens with zero attached hydrogens (tertiary/aromatic N) is 2. The van der Waals surface area contributed by atoms with E-state index < -0.39 is 23.6 Å². The molecule has 0 spiro atoms. The number of nitrogens with one attached hydrogen (secondary N) is 1. The van der Waals surface area contributed by atoms with Crippen LogP contribution < -0.4 is 10.2 Å². The molecule has 174 valence electrons. The zero-order valence-corrected chi connectivity index (χ0v) is 19.5. The number of anilines is 2. The van der Waals surface area contributed by atoms with Gasteiger partial charge in [-0.3, -0.25) is 14.5 Å². The summed E-state index contributed by atoms with van der Waals surface area (Å²) < 4.78 is 26.6. The minimum Gasteiger partial charge on any atom is -0.336 e. The molecule has 0 aromatic heterocycles. The highest BCUT2D eigenvalue weighted by molar-refractivity contribution is 7.80. The minimum atomic E-state index is -0.842. The van der Waals surface area contributed by atoms with E-state index in [-0.39, 0.29) is 17.4 Å². The second-order valence-electron chi connectivity index (χ2n) is 7.78. The summed E-state index contributed by atoms with van der Waals surface area (Å²) in [6.07, 6.45) is 0.409. The normalized spacial score (nSPS) is 15.7. The molecular formula is C25H20ClF2N3O2S. The van der Waals surface area contributed by atoms with E-state index >= 15 is 0 Å². The molecule has 4 rings (SSSR count). The maximum atomic E-state index is 13.4. The third-order valence-corrected chi connectivity index (χ3v) is 6.13. The maximum Gasteiger partial charge on any atom is 0.256 e. The maximum absolute atomic E-state index is 13.4. The van der Waals surface area contributed by atoms with Crippen molar-refractivity contribution in [1.29, 1.82) is 0 Å². The predicted molar refractivity (Wildman–Crippen MR) is 132 cm³/mol. The molecule has 0 saturated carbocycles. The number of hydrogen-bond acceptors (Lipinski definition) is 3. The van der Waals surface area contributed by atoms with Crippen molar-refractivity contribution in [3.05, 3.63) is 95.0 Å². The molecule has 0 unspecified atom stereocenters. The first-order chi connectivity index (χ1) is 16.3. The van der Waals surface area contributed by atoms with Gasteiger partial charge >= 0.3 is 0 Å². The second kappa shape index (κ2) is 10.3. The van der Waals surface area contributed by atoms with Gasteiger partial charge in [-0.05, 0) is 84.9 Å². The van der Waals surface area contributed by atoms with Crippen LogP contribution in [0.25, 0.3) is 0 Å². The monoisotopic (exact) mass is 499 g/mol. The van der Waals surface area contributed by atoms with Crippen LogP contribution in [0.1, 0.15) is 12.0 Å². The van der Waals surface area contributed by atoms with Gasteiger partial charge in [-0.2, -0.15) is 0 Å². The van der Waals surface area contributed by atoms with Crippen molar-refractivity contribution in [2.24, 2.45) is 0 Å². The molecule has 3 aromatic carbocycles. The molecule has 1 aliphatic heterocycles. The third-order valence-electron chi connectivity index (χ3n) is 5.46. The molecule has 1 heterocycles. The molecule has 1 fully saturated rings. The first kappa shape index (κ1) is 23.8. The lowest BCUT2D eigenvalue weighted by Crippen LogP contribution is -2.39. The van der Waals surface area contributed by atoms with E-state index in [1.54, 1.807) is 17.0 Å². The van der Waals surface area contributed by atoms with Crippen LogP contribution in [0.15, 0.2) is 72.8 Å². The molecule has 1 N–H and O–H groups in total. The SMILES string of the molecule is O=C(C[C@@H]1C(=O)N(c2ccc(F)cc2)C(=S)N1CCc1ccc(Cl)cc1)Nc1ccc(F)cc1. The molecule has 9 heteroatoms. The number of rotatable bonds is 7. The highest BCUT2D eigenvalue weighted by Crippen LogP contribution is 2.28. The molecule has 5 nitrogen and oxygen atoms in total. The quantitative estimate of drug-likeness (QED) is 0.454. The third kappa shape index (κ3) is 5.40. The lowest BCUT2D eigenvalue weighted by Gasteiger charge is -2.24. The predicted octanol–water partition coefficient (Wildman–Crippen LogP) is 5.19. The standard InChI is InChI=1S/C25H20ClF2N3O2S/c26-17-3-1-16(2-4-17)13-14-30-22(15-23(32)29-20-9-5-18(27)6-10-20)24(33)31(25(30)34)21-11-7-19(28)8-12-21/h1-12,22H,13-15H2,(H,29,32)/t22-/m1/s1. The van der Waals surface area contributed by atoms with E-state index in [4.69, 9.17) is 23.8 Å². The average Bonchev–Trinajstić information content (AvgIpc) is 3.04. The highest BCUT2D eigenvalue weighted by Gasteiger charge is 2.43. The molecule has 2 amide bonds. The molecule has 0 radical (unpaired) electrons. The van der Waals surface area contributed by atoms with Crippen LogP contribution in [0.5, 0.6) is 0 Å². The van der Waals surface area contributed by atoms with Crippen molar-refractivity contribution in [2.45, 2.75) is 18.9 Å². The van der Waals surface area contributed by atoms with E-state index in [9.17, 15) is 18.4 Å². The molecule has 1 aliphatic rings. The van der Waals surface area contributed by atoms with E-state index in [0.29, 0.717) is 29.4 Å². The van der Waals surface area contributed by atoms with Crippen LogP contribution >= 0.6 is 23.8 Å². The first-order valence-corrected chi connectivity index (χ1v) is 11.3. The van der Waals surface area contributed by atoms with Crippen molar-refractivity contribution >= 4 is 52.1 Å². The number of carbonyl (C=O) groups is 2. The zero-order valence-electron chi connectivity index (χ0n) is 17.9. The van der Waals surface area contributed by atoms with Gasteiger partial charge in [-0.15, -0.1) is 0 Å². The summed E-state index contributed by atoms with van der Waals surface area (Å²) in [5, 5.41) is 3.54. The topological polar surface area (TPSA) is 52.7 Å². The molecule has 34 heavy (non-hydrogen) atoms. The Morgan fingerprint density at radius 1 is 0.941 bits per heavy atom. The molecule has 3 aromatic rings.